The van der Waals surface area contributed by atoms with Gasteiger partial charge in [-0.05, 0) is 38.8 Å². The Hall–Kier alpha value is -0.870. The predicted octanol–water partition coefficient (Wildman–Crippen LogP) is 4.08. The van der Waals surface area contributed by atoms with Crippen molar-refractivity contribution in [2.45, 2.75) is 32.9 Å². The van der Waals surface area contributed by atoms with E-state index in [4.69, 9.17) is 25.4 Å². The minimum atomic E-state index is -3.63. The average Bonchev–Trinajstić information content (AvgIpc) is 2.47. The van der Waals surface area contributed by atoms with Crippen LogP contribution in [-0.2, 0) is 29.6 Å². The van der Waals surface area contributed by atoms with Crippen LogP contribution < -0.4 is 0 Å². The third-order valence-electron chi connectivity index (χ3n) is 2.93. The van der Waals surface area contributed by atoms with Crippen LogP contribution in [-0.4, -0.2) is 31.4 Å². The minimum Gasteiger partial charge on any atom is -0.465 e. The molecule has 1 unspecified atom stereocenters. The summed E-state index contributed by atoms with van der Waals surface area (Å²) in [7, 11) is -3.63. The van der Waals surface area contributed by atoms with Crippen molar-refractivity contribution >= 4 is 25.2 Å². The Morgan fingerprint density at radius 2 is 1.73 bits per heavy atom. The van der Waals surface area contributed by atoms with Crippen LogP contribution in [0.15, 0.2) is 24.3 Å². The van der Waals surface area contributed by atoms with Gasteiger partial charge < -0.3 is 13.8 Å². The summed E-state index contributed by atoms with van der Waals surface area (Å²) >= 11 is 6.13. The first-order valence-corrected chi connectivity index (χ1v) is 9.26. The second-order valence-electron chi connectivity index (χ2n) is 4.44. The molecule has 0 heterocycles. The van der Waals surface area contributed by atoms with E-state index in [1.54, 1.807) is 45.0 Å². The summed E-state index contributed by atoms with van der Waals surface area (Å²) in [5, 5.41) is 0.497. The van der Waals surface area contributed by atoms with Gasteiger partial charge in [0.05, 0.1) is 19.8 Å². The highest BCUT2D eigenvalue weighted by Crippen LogP contribution is 2.54. The number of hydrogen-bond donors (Lipinski definition) is 0. The zero-order valence-corrected chi connectivity index (χ0v) is 14.7. The summed E-state index contributed by atoms with van der Waals surface area (Å²) in [6, 6.07) is 7.08. The van der Waals surface area contributed by atoms with E-state index in [2.05, 4.69) is 0 Å². The van der Waals surface area contributed by atoms with E-state index >= 15 is 0 Å². The topological polar surface area (TPSA) is 61.8 Å². The van der Waals surface area contributed by atoms with Gasteiger partial charge in [0.2, 0.25) is 0 Å². The zero-order chi connectivity index (χ0) is 16.6. The molecule has 0 spiro atoms. The quantitative estimate of drug-likeness (QED) is 0.497. The van der Waals surface area contributed by atoms with Crippen LogP contribution in [0.2, 0.25) is 5.02 Å². The molecule has 1 atom stereocenters. The van der Waals surface area contributed by atoms with Crippen molar-refractivity contribution in [1.29, 1.82) is 0 Å². The van der Waals surface area contributed by atoms with Crippen LogP contribution in [0.5, 0.6) is 0 Å². The number of halogens is 1. The molecule has 5 nitrogen and oxygen atoms in total. The Morgan fingerprint density at radius 1 is 1.14 bits per heavy atom. The zero-order valence-electron chi connectivity index (χ0n) is 13.1. The smallest absolute Gasteiger partial charge is 0.345 e. The van der Waals surface area contributed by atoms with E-state index in [9.17, 15) is 9.36 Å². The predicted molar refractivity (Wildman–Crippen MR) is 86.4 cm³/mol. The monoisotopic (exact) mass is 348 g/mol. The number of esters is 1. The summed E-state index contributed by atoms with van der Waals surface area (Å²) < 4.78 is 28.6. The summed E-state index contributed by atoms with van der Waals surface area (Å²) in [5.41, 5.74) is -0.339. The molecule has 0 aliphatic heterocycles. The molecule has 1 aromatic rings. The van der Waals surface area contributed by atoms with Gasteiger partial charge >= 0.3 is 13.6 Å². The summed E-state index contributed by atoms with van der Waals surface area (Å²) in [6.45, 7) is 5.63. The van der Waals surface area contributed by atoms with E-state index in [1.165, 1.54) is 0 Å². The molecular weight excluding hydrogens is 327 g/mol. The van der Waals surface area contributed by atoms with E-state index in [0.717, 1.165) is 0 Å². The second kappa shape index (κ2) is 9.31. The van der Waals surface area contributed by atoms with Gasteiger partial charge in [-0.1, -0.05) is 29.8 Å². The first-order valence-electron chi connectivity index (χ1n) is 7.27. The fourth-order valence-electron chi connectivity index (χ4n) is 2.01. The van der Waals surface area contributed by atoms with Crippen LogP contribution in [0, 0.1) is 0 Å². The van der Waals surface area contributed by atoms with E-state index in [0.29, 0.717) is 10.6 Å². The lowest BCUT2D eigenvalue weighted by Gasteiger charge is -2.25. The van der Waals surface area contributed by atoms with Crippen LogP contribution in [0.4, 0.5) is 0 Å². The van der Waals surface area contributed by atoms with Crippen molar-refractivity contribution in [1.82, 2.24) is 0 Å². The molecule has 124 valence electrons. The number of hydrogen-bond acceptors (Lipinski definition) is 5. The summed E-state index contributed by atoms with van der Waals surface area (Å²) in [6.07, 6.45) is 0.135. The molecule has 0 aliphatic carbocycles. The Bertz CT molecular complexity index is 524. The van der Waals surface area contributed by atoms with Crippen molar-refractivity contribution in [2.24, 2.45) is 0 Å². The Morgan fingerprint density at radius 3 is 2.23 bits per heavy atom. The van der Waals surface area contributed by atoms with Crippen LogP contribution in [0.1, 0.15) is 26.3 Å². The van der Waals surface area contributed by atoms with Gasteiger partial charge in [-0.25, -0.2) is 0 Å². The molecule has 7 heteroatoms. The maximum atomic E-state index is 13.0. The van der Waals surface area contributed by atoms with Crippen molar-refractivity contribution in [3.8, 4) is 0 Å². The molecule has 0 aliphatic rings. The van der Waals surface area contributed by atoms with E-state index in [-0.39, 0.29) is 26.2 Å². The van der Waals surface area contributed by atoms with Crippen LogP contribution in [0.25, 0.3) is 0 Å². The lowest BCUT2D eigenvalue weighted by Crippen LogP contribution is -2.28. The fraction of sp³-hybridized carbons (Fsp3) is 0.533. The maximum absolute atomic E-state index is 13.0. The van der Waals surface area contributed by atoms with Gasteiger partial charge in [-0.3, -0.25) is 9.36 Å². The number of benzene rings is 1. The van der Waals surface area contributed by atoms with Crippen molar-refractivity contribution in [3.05, 3.63) is 34.9 Å². The van der Waals surface area contributed by atoms with Crippen molar-refractivity contribution in [3.63, 3.8) is 0 Å². The SMILES string of the molecule is CCOC(=O)C(Cc1ccccc1Cl)P(=O)(OCC)OCC. The lowest BCUT2D eigenvalue weighted by atomic mass is 10.1. The second-order valence-corrected chi connectivity index (χ2v) is 7.07. The summed E-state index contributed by atoms with van der Waals surface area (Å²) in [5.74, 6) is -0.604. The number of rotatable bonds is 9. The van der Waals surface area contributed by atoms with Crippen LogP contribution in [0.3, 0.4) is 0 Å². The number of ether oxygens (including phenoxy) is 1. The highest BCUT2D eigenvalue weighted by Gasteiger charge is 2.42. The van der Waals surface area contributed by atoms with E-state index in [1.807, 2.05) is 0 Å². The Balaban J connectivity index is 3.14. The largest absolute Gasteiger partial charge is 0.465 e. The van der Waals surface area contributed by atoms with Crippen molar-refractivity contribution < 1.29 is 23.1 Å². The fourth-order valence-corrected chi connectivity index (χ4v) is 4.13. The first-order chi connectivity index (χ1) is 10.5. The van der Waals surface area contributed by atoms with Gasteiger partial charge in [-0.15, -0.1) is 0 Å². The summed E-state index contributed by atoms with van der Waals surface area (Å²) in [4.78, 5) is 12.3. The standard InChI is InChI=1S/C15H22ClO5P/c1-4-19-15(17)14(22(18,20-5-2)21-6-3)11-12-9-7-8-10-13(12)16/h7-10,14H,4-6,11H2,1-3H3. The maximum Gasteiger partial charge on any atom is 0.345 e. The highest BCUT2D eigenvalue weighted by molar-refractivity contribution is 7.55. The third-order valence-corrected chi connectivity index (χ3v) is 5.69. The Labute approximate surface area is 136 Å². The Kier molecular flexibility index (Phi) is 8.12. The first kappa shape index (κ1) is 19.2. The molecule has 0 bridgehead atoms. The van der Waals surface area contributed by atoms with Gasteiger partial charge in [0.1, 0.15) is 0 Å². The molecule has 22 heavy (non-hydrogen) atoms. The molecule has 0 saturated carbocycles. The molecule has 1 rings (SSSR count). The van der Waals surface area contributed by atoms with Gasteiger partial charge in [0.15, 0.2) is 5.66 Å². The average molecular weight is 349 g/mol. The molecule has 0 N–H and O–H groups in total. The van der Waals surface area contributed by atoms with Gasteiger partial charge in [0.25, 0.3) is 0 Å². The minimum absolute atomic E-state index is 0.135. The lowest BCUT2D eigenvalue weighted by molar-refractivity contribution is -0.143. The van der Waals surface area contributed by atoms with E-state index < -0.39 is 19.2 Å². The molecule has 0 aromatic heterocycles. The molecule has 0 radical (unpaired) electrons. The highest BCUT2D eigenvalue weighted by atomic mass is 35.5. The van der Waals surface area contributed by atoms with Crippen LogP contribution >= 0.6 is 19.2 Å². The molecule has 0 amide bonds. The molecule has 0 saturated heterocycles. The normalized spacial score (nSPS) is 12.9. The molecule has 1 aromatic carbocycles. The third kappa shape index (κ3) is 5.10. The molecular formula is C15H22ClO5P. The van der Waals surface area contributed by atoms with Crippen molar-refractivity contribution in [2.75, 3.05) is 19.8 Å². The number of carbonyl (C=O) groups excluding carboxylic acids is 1. The molecule has 0 fully saturated rings. The van der Waals surface area contributed by atoms with Gasteiger partial charge in [-0.2, -0.15) is 0 Å². The van der Waals surface area contributed by atoms with Gasteiger partial charge in [0, 0.05) is 5.02 Å². The number of carbonyl (C=O) groups is 1.